The Balaban J connectivity index is 0.000000261. The minimum Gasteiger partial charge on any atom is -0.402 e. The summed E-state index contributed by atoms with van der Waals surface area (Å²) in [5, 5.41) is 21.5. The number of hydrogen-bond donors (Lipinski definition) is 3. The summed E-state index contributed by atoms with van der Waals surface area (Å²) in [6.45, 7) is 0. The van der Waals surface area contributed by atoms with Gasteiger partial charge in [0, 0.05) is 6.42 Å². The topological polar surface area (TPSA) is 94.8 Å². The molecule has 7 heteroatoms. The van der Waals surface area contributed by atoms with Gasteiger partial charge in [-0.15, -0.1) is 0 Å². The van der Waals surface area contributed by atoms with E-state index in [1.807, 2.05) is 0 Å². The van der Waals surface area contributed by atoms with Crippen LogP contribution in [0.15, 0.2) is 0 Å². The Bertz CT molecular complexity index is 150. The van der Waals surface area contributed by atoms with Crippen LogP contribution in [0.25, 0.3) is 0 Å². The van der Waals surface area contributed by atoms with Crippen LogP contribution in [0.2, 0.25) is 6.32 Å². The van der Waals surface area contributed by atoms with Crippen molar-refractivity contribution >= 4 is 26.1 Å². The van der Waals surface area contributed by atoms with E-state index in [4.69, 9.17) is 15.1 Å². The molecule has 1 rings (SSSR count). The Kier molecular flexibility index (Phi) is 5.61. The van der Waals surface area contributed by atoms with Gasteiger partial charge in [0.15, 0.2) is 11.5 Å². The predicted octanol–water partition coefficient (Wildman–Crippen LogP) is -2.32. The molecule has 0 saturated carbocycles. The first kappa shape index (κ1) is 11.3. The molecule has 0 aromatic rings. The zero-order chi connectivity index (χ0) is 9.56. The van der Waals surface area contributed by atoms with E-state index in [9.17, 15) is 9.59 Å². The van der Waals surface area contributed by atoms with Gasteiger partial charge in [-0.1, -0.05) is 12.7 Å². The number of Topliss-reactive ketones (excluding diaryl/α,β-unsaturated/α-hetero) is 1. The third-order valence-electron chi connectivity index (χ3n) is 1.37. The highest BCUT2D eigenvalue weighted by atomic mass is 16.5. The molecule has 0 aromatic heterocycles. The average molecular weight is 172 g/mol. The molecule has 0 aliphatic carbocycles. The summed E-state index contributed by atoms with van der Waals surface area (Å²) < 4.78 is 0. The first-order chi connectivity index (χ1) is 5.54. The third kappa shape index (κ3) is 6.09. The smallest absolute Gasteiger partial charge is 0.402 e. The SMILES string of the molecule is O=C1BCCCC1=O.OB(O)O. The molecule has 1 aliphatic heterocycles. The van der Waals surface area contributed by atoms with Gasteiger partial charge in [0.2, 0.25) is 7.28 Å². The molecule has 3 N–H and O–H groups in total. The number of ketones is 1. The molecular formula is C5H10B2O5. The van der Waals surface area contributed by atoms with Crippen molar-refractivity contribution in [3.63, 3.8) is 0 Å². The highest BCUT2D eigenvalue weighted by molar-refractivity contribution is 6.88. The monoisotopic (exact) mass is 172 g/mol. The number of carbonyl (C=O) groups is 2. The van der Waals surface area contributed by atoms with Crippen LogP contribution in [0, 0.1) is 0 Å². The Hall–Kier alpha value is -0.650. The fourth-order valence-electron chi connectivity index (χ4n) is 0.850. The van der Waals surface area contributed by atoms with Crippen LogP contribution in [0.5, 0.6) is 0 Å². The van der Waals surface area contributed by atoms with Crippen molar-refractivity contribution in [1.29, 1.82) is 0 Å². The highest BCUT2D eigenvalue weighted by Gasteiger charge is 2.18. The van der Waals surface area contributed by atoms with Gasteiger partial charge in [-0.25, -0.2) is 0 Å². The van der Waals surface area contributed by atoms with Gasteiger partial charge in [-0.2, -0.15) is 0 Å². The maximum absolute atomic E-state index is 10.4. The van der Waals surface area contributed by atoms with E-state index in [1.54, 1.807) is 0 Å². The van der Waals surface area contributed by atoms with Gasteiger partial charge in [0.1, 0.15) is 0 Å². The average Bonchev–Trinajstić information content (AvgIpc) is 1.94. The predicted molar refractivity (Wildman–Crippen MR) is 43.6 cm³/mol. The van der Waals surface area contributed by atoms with E-state index >= 15 is 0 Å². The molecular weight excluding hydrogens is 162 g/mol. The normalized spacial score (nSPS) is 15.9. The van der Waals surface area contributed by atoms with Crippen LogP contribution in [0.4, 0.5) is 0 Å². The van der Waals surface area contributed by atoms with Crippen molar-refractivity contribution in [3.05, 3.63) is 0 Å². The summed E-state index contributed by atoms with van der Waals surface area (Å²) >= 11 is 0. The van der Waals surface area contributed by atoms with Crippen LogP contribution in [-0.4, -0.2) is 41.1 Å². The maximum atomic E-state index is 10.4. The lowest BCUT2D eigenvalue weighted by molar-refractivity contribution is -0.132. The summed E-state index contributed by atoms with van der Waals surface area (Å²) in [6.07, 6.45) is 2.30. The van der Waals surface area contributed by atoms with Crippen molar-refractivity contribution in [2.45, 2.75) is 19.2 Å². The van der Waals surface area contributed by atoms with E-state index < -0.39 is 7.32 Å². The Morgan fingerprint density at radius 1 is 1.25 bits per heavy atom. The summed E-state index contributed by atoms with van der Waals surface area (Å²) in [6, 6.07) is 0. The Morgan fingerprint density at radius 3 is 2.00 bits per heavy atom. The quantitative estimate of drug-likeness (QED) is 0.281. The number of hydrogen-bond acceptors (Lipinski definition) is 5. The molecule has 5 nitrogen and oxygen atoms in total. The molecule has 1 aliphatic rings. The third-order valence-corrected chi connectivity index (χ3v) is 1.37. The van der Waals surface area contributed by atoms with Crippen molar-refractivity contribution in [2.75, 3.05) is 0 Å². The van der Waals surface area contributed by atoms with E-state index in [-0.39, 0.29) is 11.5 Å². The molecule has 0 atom stereocenters. The van der Waals surface area contributed by atoms with Gasteiger partial charge in [-0.05, 0) is 0 Å². The minimum absolute atomic E-state index is 0.170. The minimum atomic E-state index is -2.17. The molecule has 66 valence electrons. The zero-order valence-corrected chi connectivity index (χ0v) is 6.56. The fraction of sp³-hybridized carbons (Fsp3) is 0.600. The first-order valence-corrected chi connectivity index (χ1v) is 3.64. The standard InChI is InChI=1S/C5H7BO2.BH3O3/c7-4-2-1-3-6-5(4)8;2-1(3)4/h6H,1-3H2;2-4H. The van der Waals surface area contributed by atoms with Crippen molar-refractivity contribution < 1.29 is 24.7 Å². The fourth-order valence-corrected chi connectivity index (χ4v) is 0.850. The van der Waals surface area contributed by atoms with Gasteiger partial charge in [-0.3, -0.25) is 4.79 Å². The molecule has 0 bridgehead atoms. The second-order valence-electron chi connectivity index (χ2n) is 2.40. The van der Waals surface area contributed by atoms with Crippen LogP contribution < -0.4 is 0 Å². The van der Waals surface area contributed by atoms with Crippen LogP contribution in [0.1, 0.15) is 12.8 Å². The van der Waals surface area contributed by atoms with E-state index in [2.05, 4.69) is 0 Å². The zero-order valence-electron chi connectivity index (χ0n) is 6.56. The summed E-state index contributed by atoms with van der Waals surface area (Å²) in [5.41, 5.74) is -0.170. The number of rotatable bonds is 0. The van der Waals surface area contributed by atoms with Crippen molar-refractivity contribution in [1.82, 2.24) is 0 Å². The molecule has 0 amide bonds. The van der Waals surface area contributed by atoms with E-state index in [1.165, 1.54) is 0 Å². The second-order valence-corrected chi connectivity index (χ2v) is 2.40. The molecule has 0 spiro atoms. The lowest BCUT2D eigenvalue weighted by atomic mass is 9.63. The molecule has 0 radical (unpaired) electrons. The molecule has 1 saturated heterocycles. The summed E-state index contributed by atoms with van der Waals surface area (Å²) in [5.74, 6) is -0.170. The Labute approximate surface area is 70.8 Å². The first-order valence-electron chi connectivity index (χ1n) is 3.64. The Morgan fingerprint density at radius 2 is 1.75 bits per heavy atom. The number of carbonyl (C=O) groups excluding carboxylic acids is 2. The molecule has 1 fully saturated rings. The molecule has 1 heterocycles. The maximum Gasteiger partial charge on any atom is 0.631 e. The lowest BCUT2D eigenvalue weighted by Gasteiger charge is -2.03. The second kappa shape index (κ2) is 5.93. The van der Waals surface area contributed by atoms with Gasteiger partial charge in [0.25, 0.3) is 0 Å². The largest absolute Gasteiger partial charge is 0.631 e. The van der Waals surface area contributed by atoms with Gasteiger partial charge >= 0.3 is 7.32 Å². The molecule has 0 unspecified atom stereocenters. The van der Waals surface area contributed by atoms with E-state index in [0.717, 1.165) is 12.7 Å². The van der Waals surface area contributed by atoms with E-state index in [0.29, 0.717) is 13.7 Å². The van der Waals surface area contributed by atoms with Crippen LogP contribution in [0.3, 0.4) is 0 Å². The molecule has 0 aromatic carbocycles. The van der Waals surface area contributed by atoms with Crippen molar-refractivity contribution in [3.8, 4) is 0 Å². The summed E-state index contributed by atoms with van der Waals surface area (Å²) in [7, 11) is -1.68. The lowest BCUT2D eigenvalue weighted by Crippen LogP contribution is -2.24. The summed E-state index contributed by atoms with van der Waals surface area (Å²) in [4.78, 5) is 20.9. The van der Waals surface area contributed by atoms with Gasteiger partial charge < -0.3 is 19.9 Å². The van der Waals surface area contributed by atoms with Crippen molar-refractivity contribution in [2.24, 2.45) is 0 Å². The van der Waals surface area contributed by atoms with Crippen LogP contribution in [-0.2, 0) is 9.59 Å². The molecule has 12 heavy (non-hydrogen) atoms. The van der Waals surface area contributed by atoms with Crippen LogP contribution >= 0.6 is 0 Å². The van der Waals surface area contributed by atoms with Gasteiger partial charge in [0.05, 0.1) is 0 Å². The highest BCUT2D eigenvalue weighted by Crippen LogP contribution is 2.03.